The molecule has 0 aliphatic heterocycles. The minimum Gasteiger partial charge on any atom is -0.277 e. The van der Waals surface area contributed by atoms with E-state index in [1.165, 1.54) is 0 Å². The molecule has 4 nitrogen and oxygen atoms in total. The fourth-order valence-electron chi connectivity index (χ4n) is 2.69. The summed E-state index contributed by atoms with van der Waals surface area (Å²) in [6.45, 7) is 0. The van der Waals surface area contributed by atoms with E-state index in [9.17, 15) is 0 Å². The van der Waals surface area contributed by atoms with Crippen molar-refractivity contribution in [1.29, 1.82) is 0 Å². The van der Waals surface area contributed by atoms with Crippen LogP contribution in [0.3, 0.4) is 0 Å². The van der Waals surface area contributed by atoms with Crippen molar-refractivity contribution < 1.29 is 0 Å². The van der Waals surface area contributed by atoms with Gasteiger partial charge in [0, 0.05) is 46.5 Å². The lowest BCUT2D eigenvalue weighted by Crippen LogP contribution is -1.86. The minimum absolute atomic E-state index is 0. The van der Waals surface area contributed by atoms with Gasteiger partial charge < -0.3 is 0 Å². The van der Waals surface area contributed by atoms with Crippen molar-refractivity contribution in [2.75, 3.05) is 0 Å². The topological polar surface area (TPSA) is 54.5 Å². The molecule has 0 atom stereocenters. The van der Waals surface area contributed by atoms with Crippen LogP contribution in [0.4, 0.5) is 0 Å². The number of H-pyrrole nitrogens is 1. The summed E-state index contributed by atoms with van der Waals surface area (Å²) in [6, 6.07) is 15.6. The second-order valence-corrected chi connectivity index (χ2v) is 5.74. The Morgan fingerprint density at radius 3 is 1.84 bits per heavy atom. The standard InChI is InChI=1S/C19H13ClN4.ClH/c20-16-3-1-14(2-4-16)18-17(13-5-9-21-10-6-13)19(24-23-18)15-7-11-22-12-8-15;/h1-12H,(H,23,24);1H. The van der Waals surface area contributed by atoms with Crippen LogP contribution in [0.1, 0.15) is 0 Å². The summed E-state index contributed by atoms with van der Waals surface area (Å²) in [5.41, 5.74) is 5.95. The molecular formula is C19H14Cl2N4. The Kier molecular flexibility index (Phi) is 5.12. The first-order valence-electron chi connectivity index (χ1n) is 7.48. The Bertz CT molecular complexity index is 952. The molecule has 0 fully saturated rings. The van der Waals surface area contributed by atoms with Crippen LogP contribution in [-0.4, -0.2) is 20.2 Å². The molecule has 0 spiro atoms. The number of benzene rings is 1. The number of rotatable bonds is 3. The van der Waals surface area contributed by atoms with Crippen LogP contribution in [-0.2, 0) is 0 Å². The number of nitrogens with zero attached hydrogens (tertiary/aromatic N) is 3. The molecule has 1 N–H and O–H groups in total. The molecule has 0 radical (unpaired) electrons. The Balaban J connectivity index is 0.00000182. The maximum atomic E-state index is 6.01. The van der Waals surface area contributed by atoms with Crippen molar-refractivity contribution in [2.45, 2.75) is 0 Å². The fourth-order valence-corrected chi connectivity index (χ4v) is 2.81. The van der Waals surface area contributed by atoms with E-state index < -0.39 is 0 Å². The van der Waals surface area contributed by atoms with Gasteiger partial charge in [-0.1, -0.05) is 23.7 Å². The Hall–Kier alpha value is -2.69. The van der Waals surface area contributed by atoms with Crippen LogP contribution in [0.5, 0.6) is 0 Å². The highest BCUT2D eigenvalue weighted by atomic mass is 35.5. The number of nitrogens with one attached hydrogen (secondary N) is 1. The molecule has 4 rings (SSSR count). The molecule has 1 aromatic carbocycles. The minimum atomic E-state index is 0. The molecule has 0 saturated carbocycles. The van der Waals surface area contributed by atoms with Gasteiger partial charge in [0.1, 0.15) is 5.69 Å². The van der Waals surface area contributed by atoms with E-state index in [1.807, 2.05) is 48.5 Å². The number of halogens is 2. The molecule has 6 heteroatoms. The zero-order valence-electron chi connectivity index (χ0n) is 13.1. The van der Waals surface area contributed by atoms with Gasteiger partial charge in [0.25, 0.3) is 0 Å². The molecular weight excluding hydrogens is 355 g/mol. The predicted octanol–water partition coefficient (Wildman–Crippen LogP) is 5.28. The van der Waals surface area contributed by atoms with Crippen LogP contribution >= 0.6 is 24.0 Å². The van der Waals surface area contributed by atoms with E-state index >= 15 is 0 Å². The molecule has 0 aliphatic rings. The molecule has 124 valence electrons. The van der Waals surface area contributed by atoms with Gasteiger partial charge in [-0.05, 0) is 42.0 Å². The van der Waals surface area contributed by atoms with Crippen LogP contribution in [0.2, 0.25) is 5.02 Å². The highest BCUT2D eigenvalue weighted by Gasteiger charge is 2.17. The van der Waals surface area contributed by atoms with E-state index in [0.29, 0.717) is 5.02 Å². The van der Waals surface area contributed by atoms with Crippen LogP contribution < -0.4 is 0 Å². The van der Waals surface area contributed by atoms with Crippen LogP contribution in [0.25, 0.3) is 33.6 Å². The van der Waals surface area contributed by atoms with Crippen molar-refractivity contribution in [1.82, 2.24) is 20.2 Å². The third-order valence-electron chi connectivity index (χ3n) is 3.82. The quantitative estimate of drug-likeness (QED) is 0.535. The van der Waals surface area contributed by atoms with Gasteiger partial charge in [-0.25, -0.2) is 0 Å². The summed E-state index contributed by atoms with van der Waals surface area (Å²) in [5, 5.41) is 8.43. The lowest BCUT2D eigenvalue weighted by molar-refractivity contribution is 1.10. The van der Waals surface area contributed by atoms with Crippen LogP contribution in [0.15, 0.2) is 73.3 Å². The van der Waals surface area contributed by atoms with Gasteiger partial charge in [-0.3, -0.25) is 15.1 Å². The van der Waals surface area contributed by atoms with E-state index in [1.54, 1.807) is 24.8 Å². The number of pyridine rings is 2. The summed E-state index contributed by atoms with van der Waals surface area (Å²) in [4.78, 5) is 8.20. The Labute approximate surface area is 156 Å². The highest BCUT2D eigenvalue weighted by molar-refractivity contribution is 6.30. The number of aromatic nitrogens is 4. The molecule has 0 amide bonds. The molecule has 3 heterocycles. The van der Waals surface area contributed by atoms with Gasteiger partial charge in [-0.2, -0.15) is 5.10 Å². The molecule has 25 heavy (non-hydrogen) atoms. The van der Waals surface area contributed by atoms with E-state index in [4.69, 9.17) is 11.6 Å². The van der Waals surface area contributed by atoms with E-state index in [-0.39, 0.29) is 12.4 Å². The average molecular weight is 369 g/mol. The molecule has 0 saturated heterocycles. The molecule has 0 unspecified atom stereocenters. The third-order valence-corrected chi connectivity index (χ3v) is 4.07. The maximum absolute atomic E-state index is 6.01. The van der Waals surface area contributed by atoms with Crippen LogP contribution in [0, 0.1) is 0 Å². The van der Waals surface area contributed by atoms with Crippen molar-refractivity contribution in [3.63, 3.8) is 0 Å². The maximum Gasteiger partial charge on any atom is 0.101 e. The van der Waals surface area contributed by atoms with Gasteiger partial charge in [0.2, 0.25) is 0 Å². The zero-order valence-corrected chi connectivity index (χ0v) is 14.6. The van der Waals surface area contributed by atoms with Gasteiger partial charge in [-0.15, -0.1) is 12.4 Å². The van der Waals surface area contributed by atoms with Crippen molar-refractivity contribution >= 4 is 24.0 Å². The smallest absolute Gasteiger partial charge is 0.101 e. The first kappa shape index (κ1) is 17.1. The molecule has 0 bridgehead atoms. The molecule has 3 aromatic heterocycles. The Morgan fingerprint density at radius 1 is 0.680 bits per heavy atom. The first-order valence-corrected chi connectivity index (χ1v) is 7.86. The average Bonchev–Trinajstić information content (AvgIpc) is 3.09. The molecule has 0 aliphatic carbocycles. The molecule has 4 aromatic rings. The summed E-state index contributed by atoms with van der Waals surface area (Å²) < 4.78 is 0. The van der Waals surface area contributed by atoms with Gasteiger partial charge >= 0.3 is 0 Å². The monoisotopic (exact) mass is 368 g/mol. The summed E-state index contributed by atoms with van der Waals surface area (Å²) >= 11 is 6.01. The SMILES string of the molecule is Cl.Clc1ccc(-c2n[nH]c(-c3ccncc3)c2-c2ccncc2)cc1. The lowest BCUT2D eigenvalue weighted by Gasteiger charge is -2.07. The predicted molar refractivity (Wildman–Crippen MR) is 103 cm³/mol. The number of aromatic amines is 1. The number of hydrogen-bond acceptors (Lipinski definition) is 3. The summed E-state index contributed by atoms with van der Waals surface area (Å²) in [7, 11) is 0. The second-order valence-electron chi connectivity index (χ2n) is 5.30. The first-order chi connectivity index (χ1) is 11.8. The zero-order chi connectivity index (χ0) is 16.4. The Morgan fingerprint density at radius 2 is 1.24 bits per heavy atom. The summed E-state index contributed by atoms with van der Waals surface area (Å²) in [5.74, 6) is 0. The third kappa shape index (κ3) is 3.40. The van der Waals surface area contributed by atoms with Crippen molar-refractivity contribution in [3.8, 4) is 33.6 Å². The lowest BCUT2D eigenvalue weighted by atomic mass is 9.97. The van der Waals surface area contributed by atoms with E-state index in [0.717, 1.165) is 33.6 Å². The number of hydrogen-bond donors (Lipinski definition) is 1. The normalized spacial score (nSPS) is 10.3. The highest BCUT2D eigenvalue weighted by Crippen LogP contribution is 2.38. The van der Waals surface area contributed by atoms with Crippen molar-refractivity contribution in [2.24, 2.45) is 0 Å². The summed E-state index contributed by atoms with van der Waals surface area (Å²) in [6.07, 6.45) is 7.11. The van der Waals surface area contributed by atoms with Gasteiger partial charge in [0.15, 0.2) is 0 Å². The largest absolute Gasteiger partial charge is 0.277 e. The second kappa shape index (κ2) is 7.47. The fraction of sp³-hybridized carbons (Fsp3) is 0. The van der Waals surface area contributed by atoms with Crippen molar-refractivity contribution in [3.05, 3.63) is 78.3 Å². The van der Waals surface area contributed by atoms with Gasteiger partial charge in [0.05, 0.1) is 5.69 Å². The van der Waals surface area contributed by atoms with E-state index in [2.05, 4.69) is 20.2 Å².